The van der Waals surface area contributed by atoms with Gasteiger partial charge >= 0.3 is 11.9 Å². The lowest BCUT2D eigenvalue weighted by Crippen LogP contribution is -2.56. The van der Waals surface area contributed by atoms with Crippen LogP contribution in [0.1, 0.15) is 58.8 Å². The van der Waals surface area contributed by atoms with Gasteiger partial charge in [0.25, 0.3) is 0 Å². The molecular formula is C21H39N6O4+. The van der Waals surface area contributed by atoms with Crippen LogP contribution in [0.2, 0.25) is 0 Å². The molecule has 1 fully saturated rings. The van der Waals surface area contributed by atoms with Crippen LogP contribution in [0, 0.1) is 0 Å². The van der Waals surface area contributed by atoms with Gasteiger partial charge in [0.15, 0.2) is 5.96 Å². The maximum atomic E-state index is 10.9. The number of guanidine groups is 1. The van der Waals surface area contributed by atoms with E-state index >= 15 is 0 Å². The molecule has 176 valence electrons. The number of hydrogen-bond acceptors (Lipinski definition) is 5. The first-order valence-corrected chi connectivity index (χ1v) is 10.9. The van der Waals surface area contributed by atoms with Gasteiger partial charge in [-0.25, -0.2) is 4.58 Å². The zero-order chi connectivity index (χ0) is 23.4. The first kappa shape index (κ1) is 26.6. The third kappa shape index (κ3) is 9.48. The highest BCUT2D eigenvalue weighted by atomic mass is 16.4. The third-order valence-electron chi connectivity index (χ3n) is 5.55. The summed E-state index contributed by atoms with van der Waals surface area (Å²) in [5.41, 5.74) is 10.7. The quantitative estimate of drug-likeness (QED) is 0.104. The summed E-state index contributed by atoms with van der Waals surface area (Å²) in [6, 6.07) is -1.58. The first-order chi connectivity index (χ1) is 14.6. The molecular weight excluding hydrogens is 400 g/mol. The van der Waals surface area contributed by atoms with Crippen molar-refractivity contribution in [3.8, 4) is 0 Å². The minimum atomic E-state index is -1.00. The number of allylic oxidation sites excluding steroid dienone is 1. The van der Waals surface area contributed by atoms with Gasteiger partial charge in [-0.1, -0.05) is 12.2 Å². The zero-order valence-corrected chi connectivity index (χ0v) is 18.7. The Kier molecular flexibility index (Phi) is 11.2. The van der Waals surface area contributed by atoms with E-state index in [1.807, 2.05) is 17.6 Å². The molecule has 4 unspecified atom stereocenters. The monoisotopic (exact) mass is 439 g/mol. The molecule has 0 aromatic heterocycles. The van der Waals surface area contributed by atoms with Crippen molar-refractivity contribution in [3.63, 3.8) is 0 Å². The number of aliphatic carboxylic acids is 2. The Labute approximate surface area is 184 Å². The van der Waals surface area contributed by atoms with E-state index in [0.717, 1.165) is 19.3 Å². The highest BCUT2D eigenvalue weighted by Gasteiger charge is 2.38. The molecule has 1 rings (SSSR count). The predicted octanol–water partition coefficient (Wildman–Crippen LogP) is 0.464. The Morgan fingerprint density at radius 3 is 2.45 bits per heavy atom. The fourth-order valence-corrected chi connectivity index (χ4v) is 3.40. The number of carboxylic acid groups (broad SMARTS) is 2. The van der Waals surface area contributed by atoms with E-state index in [1.165, 1.54) is 0 Å². The fourth-order valence-electron chi connectivity index (χ4n) is 3.40. The molecule has 31 heavy (non-hydrogen) atoms. The Balaban J connectivity index is 2.72. The van der Waals surface area contributed by atoms with E-state index in [0.29, 0.717) is 44.7 Å². The number of hydrogen-bond donors (Lipinski definition) is 6. The van der Waals surface area contributed by atoms with Crippen LogP contribution in [0.5, 0.6) is 0 Å². The van der Waals surface area contributed by atoms with E-state index in [1.54, 1.807) is 0 Å². The molecule has 0 bridgehead atoms. The van der Waals surface area contributed by atoms with Crippen molar-refractivity contribution in [1.82, 2.24) is 10.6 Å². The normalized spacial score (nSPS) is 24.8. The van der Waals surface area contributed by atoms with Crippen LogP contribution in [0.25, 0.3) is 0 Å². The van der Waals surface area contributed by atoms with Crippen molar-refractivity contribution < 1.29 is 24.4 Å². The Morgan fingerprint density at radius 1 is 1.26 bits per heavy atom. The number of nitrogens with two attached hydrogens (primary N) is 2. The summed E-state index contributed by atoms with van der Waals surface area (Å²) in [4.78, 5) is 26.3. The van der Waals surface area contributed by atoms with E-state index < -0.39 is 29.7 Å². The molecule has 0 aliphatic carbocycles. The number of aliphatic imine (C=N–C) groups is 1. The lowest BCUT2D eigenvalue weighted by atomic mass is 10.0. The van der Waals surface area contributed by atoms with Gasteiger partial charge in [-0.15, -0.1) is 0 Å². The smallest absolute Gasteiger partial charge is 0.320 e. The maximum absolute atomic E-state index is 10.9. The number of unbranched alkanes of at least 4 members (excludes halogenated alkanes) is 1. The van der Waals surface area contributed by atoms with Crippen molar-refractivity contribution >= 4 is 24.6 Å². The fraction of sp³-hybridized carbons (Fsp3) is 0.714. The van der Waals surface area contributed by atoms with Gasteiger partial charge in [0, 0.05) is 32.4 Å². The van der Waals surface area contributed by atoms with Crippen molar-refractivity contribution in [2.75, 3.05) is 13.1 Å². The van der Waals surface area contributed by atoms with Crippen LogP contribution in [0.4, 0.5) is 0 Å². The highest BCUT2D eigenvalue weighted by Crippen LogP contribution is 2.19. The maximum Gasteiger partial charge on any atom is 0.320 e. The van der Waals surface area contributed by atoms with Gasteiger partial charge in [0.1, 0.15) is 25.3 Å². The van der Waals surface area contributed by atoms with Crippen LogP contribution >= 0.6 is 0 Å². The van der Waals surface area contributed by atoms with Crippen molar-refractivity contribution in [3.05, 3.63) is 12.2 Å². The molecule has 0 spiro atoms. The SMILES string of the molecule is C=[N+](CCCCC(N)C(=O)O)C1(C)CCC(C=CC)NC(=NCCCC(N)C(=O)O)N1. The van der Waals surface area contributed by atoms with E-state index in [-0.39, 0.29) is 6.04 Å². The largest absolute Gasteiger partial charge is 0.480 e. The van der Waals surface area contributed by atoms with E-state index in [9.17, 15) is 9.59 Å². The summed E-state index contributed by atoms with van der Waals surface area (Å²) in [5, 5.41) is 24.6. The molecule has 1 heterocycles. The van der Waals surface area contributed by atoms with Crippen molar-refractivity contribution in [1.29, 1.82) is 0 Å². The van der Waals surface area contributed by atoms with Gasteiger partial charge < -0.3 is 27.0 Å². The molecule has 0 aromatic carbocycles. The molecule has 1 aliphatic rings. The molecule has 1 saturated heterocycles. The predicted molar refractivity (Wildman–Crippen MR) is 121 cm³/mol. The zero-order valence-electron chi connectivity index (χ0n) is 18.7. The van der Waals surface area contributed by atoms with Gasteiger partial charge in [0.2, 0.25) is 5.66 Å². The Hall–Kier alpha value is -2.46. The van der Waals surface area contributed by atoms with Crippen molar-refractivity contribution in [2.24, 2.45) is 16.5 Å². The molecule has 0 saturated carbocycles. The number of nitrogens with zero attached hydrogens (tertiary/aromatic N) is 2. The Bertz CT molecular complexity index is 681. The number of carboxylic acids is 2. The second-order valence-electron chi connectivity index (χ2n) is 8.24. The summed E-state index contributed by atoms with van der Waals surface area (Å²) in [5.74, 6) is -1.33. The molecule has 4 atom stereocenters. The Morgan fingerprint density at radius 2 is 1.87 bits per heavy atom. The number of nitrogens with one attached hydrogen (secondary N) is 2. The van der Waals surface area contributed by atoms with E-state index in [4.69, 9.17) is 21.7 Å². The molecule has 0 aromatic rings. The van der Waals surface area contributed by atoms with E-state index in [2.05, 4.69) is 35.3 Å². The van der Waals surface area contributed by atoms with Gasteiger partial charge in [0.05, 0.1) is 0 Å². The summed E-state index contributed by atoms with van der Waals surface area (Å²) in [6.07, 6.45) is 8.66. The molecule has 0 amide bonds. The van der Waals surface area contributed by atoms with Crippen molar-refractivity contribution in [2.45, 2.75) is 82.6 Å². The summed E-state index contributed by atoms with van der Waals surface area (Å²) < 4.78 is 1.98. The lowest BCUT2D eigenvalue weighted by molar-refractivity contribution is -0.604. The van der Waals surface area contributed by atoms with Crippen LogP contribution in [0.3, 0.4) is 0 Å². The molecule has 10 heteroatoms. The highest BCUT2D eigenvalue weighted by molar-refractivity contribution is 5.81. The van der Waals surface area contributed by atoms with Crippen LogP contribution in [-0.4, -0.2) is 76.3 Å². The van der Waals surface area contributed by atoms with Crippen LogP contribution < -0.4 is 22.1 Å². The standard InChI is InChI=1S/C21H38N6O4/c1-4-8-15-11-12-21(2,27(3)14-6-5-9-16(22)18(28)29)26-20(25-15)24-13-7-10-17(23)19(30)31/h4,8,15-17H,3,5-7,9-14,22-23H2,1-2H3,(H3-,24,25,26,28,29,30,31)/p+1. The topological polar surface area (TPSA) is 166 Å². The third-order valence-corrected chi connectivity index (χ3v) is 5.55. The molecule has 1 aliphatic heterocycles. The van der Waals surface area contributed by atoms with Crippen LogP contribution in [0.15, 0.2) is 17.1 Å². The molecule has 0 radical (unpaired) electrons. The minimum Gasteiger partial charge on any atom is -0.480 e. The van der Waals surface area contributed by atoms with Gasteiger partial charge in [-0.05, 0) is 39.0 Å². The van der Waals surface area contributed by atoms with Gasteiger partial charge in [-0.3, -0.25) is 19.9 Å². The second kappa shape index (κ2) is 13.1. The lowest BCUT2D eigenvalue weighted by Gasteiger charge is -2.27. The number of rotatable bonds is 13. The summed E-state index contributed by atoms with van der Waals surface area (Å²) in [6.45, 7) is 9.39. The average Bonchev–Trinajstić information content (AvgIpc) is 2.87. The molecule has 8 N–H and O–H groups in total. The minimum absolute atomic E-state index is 0.126. The second-order valence-corrected chi connectivity index (χ2v) is 8.24. The first-order valence-electron chi connectivity index (χ1n) is 10.9. The average molecular weight is 440 g/mol. The van der Waals surface area contributed by atoms with Gasteiger partial charge in [-0.2, -0.15) is 0 Å². The summed E-state index contributed by atoms with van der Waals surface area (Å²) >= 11 is 0. The van der Waals surface area contributed by atoms with Crippen LogP contribution in [-0.2, 0) is 9.59 Å². The summed E-state index contributed by atoms with van der Waals surface area (Å²) in [7, 11) is 0. The molecule has 10 nitrogen and oxygen atoms in total. The number of carbonyl (C=O) groups is 2.